The topological polar surface area (TPSA) is 186 Å². The van der Waals surface area contributed by atoms with Crippen LogP contribution in [0, 0.1) is 22.7 Å². The molecule has 1 fully saturated rings. The normalized spacial score (nSPS) is 16.3. The number of carbonyl (C=O) groups is 6. The molecule has 13 nitrogen and oxygen atoms in total. The van der Waals surface area contributed by atoms with E-state index in [1.165, 1.54) is 32.1 Å². The van der Waals surface area contributed by atoms with Gasteiger partial charge in [-0.15, -0.1) is 0 Å². The summed E-state index contributed by atoms with van der Waals surface area (Å²) in [7, 11) is 7.40. The largest absolute Gasteiger partial charge is 0.481 e. The molecule has 384 valence electrons. The summed E-state index contributed by atoms with van der Waals surface area (Å²) in [5.74, 6) is -4.92. The fourth-order valence-electron chi connectivity index (χ4n) is 9.02. The summed E-state index contributed by atoms with van der Waals surface area (Å²) in [6, 6.07) is 0. The number of ether oxygens (including phenoxy) is 3. The van der Waals surface area contributed by atoms with Crippen molar-refractivity contribution in [1.82, 2.24) is 10.2 Å². The molecule has 15 heteroatoms. The van der Waals surface area contributed by atoms with Crippen LogP contribution in [0.2, 0.25) is 0 Å². The van der Waals surface area contributed by atoms with Crippen LogP contribution < -0.4 is 5.32 Å². The van der Waals surface area contributed by atoms with Gasteiger partial charge in [0.15, 0.2) is 0 Å². The summed E-state index contributed by atoms with van der Waals surface area (Å²) < 4.78 is 17.6. The first-order valence-electron chi connectivity index (χ1n) is 25.7. The molecule has 1 aliphatic heterocycles. The smallest absolute Gasteiger partial charge is 0.310 e. The van der Waals surface area contributed by atoms with E-state index in [1.807, 2.05) is 40.6 Å². The molecule has 0 bridgehead atoms. The average Bonchev–Trinajstić information content (AvgIpc) is 3.79. The van der Waals surface area contributed by atoms with E-state index in [2.05, 4.69) is 26.1 Å². The van der Waals surface area contributed by atoms with Crippen molar-refractivity contribution < 1.29 is 53.2 Å². The van der Waals surface area contributed by atoms with Crippen molar-refractivity contribution in [3.63, 3.8) is 0 Å². The van der Waals surface area contributed by atoms with Gasteiger partial charge in [0.1, 0.15) is 6.10 Å². The summed E-state index contributed by atoms with van der Waals surface area (Å²) in [6.45, 7) is 9.97. The summed E-state index contributed by atoms with van der Waals surface area (Å²) in [4.78, 5) is 82.4. The maximum atomic E-state index is 14.7. The first-order valence-corrected chi connectivity index (χ1v) is 28.1. The molecule has 5 unspecified atom stereocenters. The predicted molar refractivity (Wildman–Crippen MR) is 267 cm³/mol. The number of carbonyl (C=O) groups excluding carboxylic acids is 4. The second-order valence-corrected chi connectivity index (χ2v) is 22.5. The molecule has 1 amide bonds. The third-order valence-electron chi connectivity index (χ3n) is 12.9. The predicted octanol–water partition coefficient (Wildman–Crippen LogP) is 11.4. The van der Waals surface area contributed by atoms with Gasteiger partial charge >= 0.3 is 29.8 Å². The maximum Gasteiger partial charge on any atom is 0.310 e. The molecule has 5 atom stereocenters. The zero-order valence-electron chi connectivity index (χ0n) is 42.3. The van der Waals surface area contributed by atoms with Gasteiger partial charge in [-0.05, 0) is 71.4 Å². The van der Waals surface area contributed by atoms with Crippen LogP contribution in [0.25, 0.3) is 0 Å². The quantitative estimate of drug-likeness (QED) is 0.0227. The number of amides is 1. The minimum atomic E-state index is -2.07. The fourth-order valence-corrected chi connectivity index (χ4v) is 12.0. The summed E-state index contributed by atoms with van der Waals surface area (Å²) in [5, 5.41) is 24.7. The molecule has 0 aromatic carbocycles. The van der Waals surface area contributed by atoms with Gasteiger partial charge in [0, 0.05) is 48.8 Å². The third kappa shape index (κ3) is 27.5. The van der Waals surface area contributed by atoms with E-state index >= 15 is 0 Å². The lowest BCUT2D eigenvalue weighted by Gasteiger charge is -2.45. The lowest BCUT2D eigenvalue weighted by molar-refractivity contribution is -0.175. The Bertz CT molecular complexity index is 1380. The summed E-state index contributed by atoms with van der Waals surface area (Å²) in [6.07, 6.45) is 18.8. The lowest BCUT2D eigenvalue weighted by atomic mass is 9.58. The van der Waals surface area contributed by atoms with Gasteiger partial charge in [-0.25, -0.2) is 0 Å². The first kappa shape index (κ1) is 61.5. The van der Waals surface area contributed by atoms with Crippen LogP contribution in [0.5, 0.6) is 0 Å². The zero-order chi connectivity index (χ0) is 49.2. The first-order chi connectivity index (χ1) is 31.5. The zero-order valence-corrected chi connectivity index (χ0v) is 43.9. The molecular weight excluding hydrogens is 881 g/mol. The Kier molecular flexibility index (Phi) is 34.0. The van der Waals surface area contributed by atoms with E-state index < -0.39 is 71.4 Å². The molecule has 0 aromatic heterocycles. The number of nitrogens with one attached hydrogen (secondary N) is 1. The van der Waals surface area contributed by atoms with Crippen LogP contribution in [0.1, 0.15) is 208 Å². The van der Waals surface area contributed by atoms with Crippen LogP contribution in [0.15, 0.2) is 0 Å². The van der Waals surface area contributed by atoms with E-state index in [0.29, 0.717) is 37.7 Å². The molecule has 3 N–H and O–H groups in total. The van der Waals surface area contributed by atoms with Gasteiger partial charge in [-0.2, -0.15) is 0 Å². The Hall–Kier alpha value is -2.52. The summed E-state index contributed by atoms with van der Waals surface area (Å²) >= 11 is 0. The van der Waals surface area contributed by atoms with Crippen LogP contribution in [0.3, 0.4) is 0 Å². The van der Waals surface area contributed by atoms with E-state index in [-0.39, 0.29) is 44.8 Å². The molecule has 0 aromatic rings. The Balaban J connectivity index is 3.43. The van der Waals surface area contributed by atoms with Gasteiger partial charge in [0.2, 0.25) is 5.91 Å². The number of hydrogen-bond acceptors (Lipinski definition) is 12. The number of hydrogen-bond donors (Lipinski definition) is 3. The highest BCUT2D eigenvalue weighted by Crippen LogP contribution is 2.49. The highest BCUT2D eigenvalue weighted by molar-refractivity contribution is 8.77. The van der Waals surface area contributed by atoms with E-state index in [1.54, 1.807) is 13.8 Å². The van der Waals surface area contributed by atoms with Crippen molar-refractivity contribution in [2.45, 2.75) is 219 Å². The Morgan fingerprint density at radius 2 is 1.30 bits per heavy atom. The van der Waals surface area contributed by atoms with Crippen molar-refractivity contribution in [3.8, 4) is 0 Å². The molecule has 1 aliphatic rings. The van der Waals surface area contributed by atoms with Gasteiger partial charge in [0.05, 0.1) is 37.4 Å². The Morgan fingerprint density at radius 3 is 1.88 bits per heavy atom. The fraction of sp³-hybridized carbons (Fsp3) is 0.882. The SMILES string of the molecule is CCCCCCCCC(CCCCCC)COC(=O)CCNC(=O)C(C(C)(C)COC(=O)CCN(C)C)C(CCC(=O)O)(CC(CCCCCC)OC(=O)CCCCC1CCSS1)C(=O)O. The van der Waals surface area contributed by atoms with Gasteiger partial charge in [0.25, 0.3) is 0 Å². The van der Waals surface area contributed by atoms with E-state index in [4.69, 9.17) is 14.2 Å². The number of rotatable bonds is 42. The molecule has 0 aliphatic carbocycles. The maximum absolute atomic E-state index is 14.7. The molecule has 0 radical (unpaired) electrons. The molecule has 0 spiro atoms. The van der Waals surface area contributed by atoms with Crippen molar-refractivity contribution >= 4 is 57.3 Å². The highest BCUT2D eigenvalue weighted by Gasteiger charge is 2.57. The van der Waals surface area contributed by atoms with Crippen molar-refractivity contribution in [3.05, 3.63) is 0 Å². The minimum Gasteiger partial charge on any atom is -0.481 e. The van der Waals surface area contributed by atoms with Crippen molar-refractivity contribution in [2.24, 2.45) is 22.7 Å². The molecule has 66 heavy (non-hydrogen) atoms. The van der Waals surface area contributed by atoms with Gasteiger partial charge in [-0.3, -0.25) is 28.8 Å². The van der Waals surface area contributed by atoms with Gasteiger partial charge < -0.3 is 34.6 Å². The second kappa shape index (κ2) is 36.5. The molecule has 1 heterocycles. The van der Waals surface area contributed by atoms with Crippen molar-refractivity contribution in [2.75, 3.05) is 46.2 Å². The van der Waals surface area contributed by atoms with Crippen LogP contribution >= 0.6 is 21.6 Å². The van der Waals surface area contributed by atoms with Crippen LogP contribution in [-0.4, -0.2) is 108 Å². The van der Waals surface area contributed by atoms with E-state index in [0.717, 1.165) is 89.2 Å². The molecule has 0 saturated carbocycles. The minimum absolute atomic E-state index is 0.0674. The number of esters is 3. The third-order valence-corrected chi connectivity index (χ3v) is 15.9. The number of carboxylic acids is 2. The van der Waals surface area contributed by atoms with Gasteiger partial charge in [-0.1, -0.05) is 146 Å². The number of aliphatic carboxylic acids is 2. The molecule has 1 rings (SSSR count). The number of unbranched alkanes of at least 4 members (excludes halogenated alkanes) is 12. The highest BCUT2D eigenvalue weighted by atomic mass is 33.1. The Morgan fingerprint density at radius 1 is 0.712 bits per heavy atom. The monoisotopic (exact) mass is 973 g/mol. The standard InChI is InChI=1S/C51H92N2O11S2/c1-8-11-14-17-18-20-25-40(24-19-15-12-9-2)38-62-44(56)30-34-52-48(59)47(50(4,5)39-63-45(57)31-35-53(6)7)51(49(60)61,33-29-43(54)55)37-41(26-21-16-13-10-3)64-46(58)28-23-22-27-42-32-36-65-66-42/h40-42,47H,8-39H2,1-7H3,(H,52,59)(H,54,55)(H,60,61). The summed E-state index contributed by atoms with van der Waals surface area (Å²) in [5.41, 5.74) is -3.43. The van der Waals surface area contributed by atoms with Crippen molar-refractivity contribution in [1.29, 1.82) is 0 Å². The number of nitrogens with zero attached hydrogens (tertiary/aromatic N) is 1. The average molecular weight is 973 g/mol. The van der Waals surface area contributed by atoms with Crippen LogP contribution in [0.4, 0.5) is 0 Å². The Labute approximate surface area is 407 Å². The second-order valence-electron chi connectivity index (χ2n) is 19.7. The molecular formula is C51H92N2O11S2. The van der Waals surface area contributed by atoms with Crippen LogP contribution in [-0.2, 0) is 43.0 Å². The van der Waals surface area contributed by atoms with E-state index in [9.17, 15) is 39.0 Å². The number of carboxylic acid groups (broad SMARTS) is 2. The lowest BCUT2D eigenvalue weighted by Crippen LogP contribution is -2.56. The molecule has 1 saturated heterocycles.